The fourth-order valence-electron chi connectivity index (χ4n) is 1.74. The van der Waals surface area contributed by atoms with Gasteiger partial charge in [-0.2, -0.15) is 0 Å². The fraction of sp³-hybridized carbons (Fsp3) is 0.143. The van der Waals surface area contributed by atoms with Crippen LogP contribution in [0.2, 0.25) is 0 Å². The summed E-state index contributed by atoms with van der Waals surface area (Å²) in [5.41, 5.74) is 1.91. The molecule has 0 saturated heterocycles. The van der Waals surface area contributed by atoms with Gasteiger partial charge in [-0.1, -0.05) is 30.3 Å². The summed E-state index contributed by atoms with van der Waals surface area (Å²) in [4.78, 5) is 0. The molecule has 0 saturated carbocycles. The molecule has 2 aromatic rings. The van der Waals surface area contributed by atoms with E-state index in [0.29, 0.717) is 5.75 Å². The number of hydrogen-bond donors (Lipinski definition) is 2. The smallest absolute Gasteiger partial charge is 0.120 e. The number of halogens is 1. The SMILES string of the molecule is CC(Nc1ccccc1Br)c1ccccc1O. The Balaban J connectivity index is 2.20. The van der Waals surface area contributed by atoms with Gasteiger partial charge in [-0.25, -0.2) is 0 Å². The summed E-state index contributed by atoms with van der Waals surface area (Å²) in [5.74, 6) is 0.319. The first-order valence-corrected chi connectivity index (χ1v) is 6.26. The molecule has 1 unspecified atom stereocenters. The van der Waals surface area contributed by atoms with Crippen LogP contribution in [0.3, 0.4) is 0 Å². The number of nitrogens with one attached hydrogen (secondary N) is 1. The van der Waals surface area contributed by atoms with Gasteiger partial charge < -0.3 is 10.4 Å². The quantitative estimate of drug-likeness (QED) is 0.882. The van der Waals surface area contributed by atoms with E-state index in [1.165, 1.54) is 0 Å². The number of phenolic OH excluding ortho intramolecular Hbond substituents is 1. The number of rotatable bonds is 3. The zero-order valence-electron chi connectivity index (χ0n) is 9.52. The summed E-state index contributed by atoms with van der Waals surface area (Å²) in [6.45, 7) is 2.02. The Kier molecular flexibility index (Phi) is 3.69. The Bertz CT molecular complexity index is 513. The lowest BCUT2D eigenvalue weighted by atomic mass is 10.1. The number of hydrogen-bond acceptors (Lipinski definition) is 2. The van der Waals surface area contributed by atoms with Crippen LogP contribution in [-0.4, -0.2) is 5.11 Å². The van der Waals surface area contributed by atoms with E-state index in [9.17, 15) is 5.11 Å². The van der Waals surface area contributed by atoms with Crippen LogP contribution in [0.5, 0.6) is 5.75 Å². The largest absolute Gasteiger partial charge is 0.508 e. The zero-order valence-corrected chi connectivity index (χ0v) is 11.1. The molecule has 0 spiro atoms. The summed E-state index contributed by atoms with van der Waals surface area (Å²) >= 11 is 3.49. The molecule has 0 aliphatic heterocycles. The highest BCUT2D eigenvalue weighted by Crippen LogP contribution is 2.29. The predicted octanol–water partition coefficient (Wildman–Crippen LogP) is 4.33. The van der Waals surface area contributed by atoms with E-state index in [0.717, 1.165) is 15.7 Å². The van der Waals surface area contributed by atoms with Crippen LogP contribution in [0.25, 0.3) is 0 Å². The van der Waals surface area contributed by atoms with E-state index in [2.05, 4.69) is 21.2 Å². The molecule has 2 rings (SSSR count). The van der Waals surface area contributed by atoms with E-state index in [-0.39, 0.29) is 6.04 Å². The summed E-state index contributed by atoms with van der Waals surface area (Å²) < 4.78 is 1.02. The Hall–Kier alpha value is -1.48. The van der Waals surface area contributed by atoms with Crippen LogP contribution in [0, 0.1) is 0 Å². The third-order valence-corrected chi connectivity index (χ3v) is 3.34. The van der Waals surface area contributed by atoms with Gasteiger partial charge >= 0.3 is 0 Å². The van der Waals surface area contributed by atoms with E-state index in [4.69, 9.17) is 0 Å². The van der Waals surface area contributed by atoms with E-state index in [1.54, 1.807) is 6.07 Å². The van der Waals surface area contributed by atoms with Crippen LogP contribution >= 0.6 is 15.9 Å². The second-order valence-electron chi connectivity index (χ2n) is 3.90. The third kappa shape index (κ3) is 2.80. The van der Waals surface area contributed by atoms with Crippen LogP contribution in [0.1, 0.15) is 18.5 Å². The molecule has 0 heterocycles. The number of aromatic hydroxyl groups is 1. The van der Waals surface area contributed by atoms with Gasteiger partial charge in [-0.3, -0.25) is 0 Å². The van der Waals surface area contributed by atoms with E-state index >= 15 is 0 Å². The van der Waals surface area contributed by atoms with Gasteiger partial charge in [0.05, 0.1) is 6.04 Å². The third-order valence-electron chi connectivity index (χ3n) is 2.65. The van der Waals surface area contributed by atoms with Crippen molar-refractivity contribution in [2.24, 2.45) is 0 Å². The molecule has 3 heteroatoms. The molecule has 0 aliphatic rings. The average Bonchev–Trinajstić information content (AvgIpc) is 2.32. The van der Waals surface area contributed by atoms with Crippen molar-refractivity contribution in [3.05, 3.63) is 58.6 Å². The average molecular weight is 292 g/mol. The van der Waals surface area contributed by atoms with Crippen molar-refractivity contribution in [1.82, 2.24) is 0 Å². The van der Waals surface area contributed by atoms with Gasteiger partial charge in [-0.05, 0) is 41.1 Å². The maximum absolute atomic E-state index is 9.78. The Morgan fingerprint density at radius 2 is 1.71 bits per heavy atom. The van der Waals surface area contributed by atoms with E-state index < -0.39 is 0 Å². The maximum Gasteiger partial charge on any atom is 0.120 e. The maximum atomic E-state index is 9.78. The van der Waals surface area contributed by atoms with Crippen molar-refractivity contribution in [3.8, 4) is 5.75 Å². The molecule has 0 amide bonds. The monoisotopic (exact) mass is 291 g/mol. The first kappa shape index (κ1) is 12.0. The lowest BCUT2D eigenvalue weighted by molar-refractivity contribution is 0.465. The van der Waals surface area contributed by atoms with Crippen molar-refractivity contribution in [2.75, 3.05) is 5.32 Å². The Morgan fingerprint density at radius 3 is 2.41 bits per heavy atom. The van der Waals surface area contributed by atoms with Gasteiger partial charge in [0.1, 0.15) is 5.75 Å². The molecule has 1 atom stereocenters. The summed E-state index contributed by atoms with van der Waals surface area (Å²) in [5, 5.41) is 13.1. The van der Waals surface area contributed by atoms with Crippen molar-refractivity contribution in [1.29, 1.82) is 0 Å². The molecule has 2 N–H and O–H groups in total. The molecule has 2 nitrogen and oxygen atoms in total. The molecule has 0 aliphatic carbocycles. The van der Waals surface area contributed by atoms with Gasteiger partial charge in [0.25, 0.3) is 0 Å². The number of para-hydroxylation sites is 2. The minimum atomic E-state index is 0.0508. The van der Waals surface area contributed by atoms with Crippen molar-refractivity contribution < 1.29 is 5.11 Å². The topological polar surface area (TPSA) is 32.3 Å². The number of phenols is 1. The van der Waals surface area contributed by atoms with E-state index in [1.807, 2.05) is 49.4 Å². The van der Waals surface area contributed by atoms with Crippen LogP contribution < -0.4 is 5.32 Å². The molecule has 0 bridgehead atoms. The van der Waals surface area contributed by atoms with Crippen molar-refractivity contribution >= 4 is 21.6 Å². The highest BCUT2D eigenvalue weighted by atomic mass is 79.9. The highest BCUT2D eigenvalue weighted by Gasteiger charge is 2.10. The first-order chi connectivity index (χ1) is 8.18. The summed E-state index contributed by atoms with van der Waals surface area (Å²) in [6, 6.07) is 15.4. The second kappa shape index (κ2) is 5.23. The van der Waals surface area contributed by atoms with Gasteiger partial charge in [-0.15, -0.1) is 0 Å². The van der Waals surface area contributed by atoms with Crippen LogP contribution in [0.4, 0.5) is 5.69 Å². The van der Waals surface area contributed by atoms with Gasteiger partial charge in [0, 0.05) is 15.7 Å². The Morgan fingerprint density at radius 1 is 1.06 bits per heavy atom. The predicted molar refractivity (Wildman–Crippen MR) is 74.3 cm³/mol. The van der Waals surface area contributed by atoms with Gasteiger partial charge in [0.15, 0.2) is 0 Å². The zero-order chi connectivity index (χ0) is 12.3. The summed E-state index contributed by atoms with van der Waals surface area (Å²) in [7, 11) is 0. The molecule has 0 radical (unpaired) electrons. The molecule has 0 fully saturated rings. The fourth-order valence-corrected chi connectivity index (χ4v) is 2.14. The molecule has 0 aromatic heterocycles. The number of benzene rings is 2. The van der Waals surface area contributed by atoms with Crippen LogP contribution in [-0.2, 0) is 0 Å². The normalized spacial score (nSPS) is 12.1. The highest BCUT2D eigenvalue weighted by molar-refractivity contribution is 9.10. The lowest BCUT2D eigenvalue weighted by Gasteiger charge is -2.17. The van der Waals surface area contributed by atoms with Crippen LogP contribution in [0.15, 0.2) is 53.0 Å². The molecular weight excluding hydrogens is 278 g/mol. The molecule has 17 heavy (non-hydrogen) atoms. The molecule has 88 valence electrons. The summed E-state index contributed by atoms with van der Waals surface area (Å²) in [6.07, 6.45) is 0. The van der Waals surface area contributed by atoms with Crippen molar-refractivity contribution in [3.63, 3.8) is 0 Å². The molecular formula is C14H14BrNO. The minimum absolute atomic E-state index is 0.0508. The minimum Gasteiger partial charge on any atom is -0.508 e. The first-order valence-electron chi connectivity index (χ1n) is 5.47. The standard InChI is InChI=1S/C14H14BrNO/c1-10(11-6-2-5-9-14(11)17)16-13-8-4-3-7-12(13)15/h2-10,16-17H,1H3. The molecule has 2 aromatic carbocycles. The number of anilines is 1. The van der Waals surface area contributed by atoms with Crippen molar-refractivity contribution in [2.45, 2.75) is 13.0 Å². The van der Waals surface area contributed by atoms with Gasteiger partial charge in [0.2, 0.25) is 0 Å². The Labute approximate surface area is 109 Å². The lowest BCUT2D eigenvalue weighted by Crippen LogP contribution is -2.07. The second-order valence-corrected chi connectivity index (χ2v) is 4.76.